The van der Waals surface area contributed by atoms with Crippen LogP contribution in [0.3, 0.4) is 0 Å². The SMILES string of the molecule is CNC1CCN(Cc2cc(F)ccc2Br)C1. The molecule has 0 aromatic heterocycles. The molecule has 1 atom stereocenters. The van der Waals surface area contributed by atoms with Crippen LogP contribution in [0, 0.1) is 5.82 Å². The number of nitrogens with one attached hydrogen (secondary N) is 1. The van der Waals surface area contributed by atoms with E-state index in [1.54, 1.807) is 12.1 Å². The lowest BCUT2D eigenvalue weighted by Gasteiger charge is -2.16. The molecule has 0 bridgehead atoms. The summed E-state index contributed by atoms with van der Waals surface area (Å²) >= 11 is 3.46. The zero-order valence-corrected chi connectivity index (χ0v) is 10.9. The third kappa shape index (κ3) is 2.81. The van der Waals surface area contributed by atoms with Gasteiger partial charge in [0.1, 0.15) is 5.82 Å². The van der Waals surface area contributed by atoms with E-state index >= 15 is 0 Å². The van der Waals surface area contributed by atoms with Gasteiger partial charge < -0.3 is 5.32 Å². The average molecular weight is 287 g/mol. The van der Waals surface area contributed by atoms with Gasteiger partial charge in [-0.05, 0) is 37.2 Å². The molecule has 1 heterocycles. The first-order valence-electron chi connectivity index (χ1n) is 5.52. The van der Waals surface area contributed by atoms with E-state index in [0.717, 1.165) is 29.7 Å². The minimum Gasteiger partial charge on any atom is -0.316 e. The van der Waals surface area contributed by atoms with E-state index in [2.05, 4.69) is 26.1 Å². The molecular formula is C12H16BrFN2. The fourth-order valence-electron chi connectivity index (χ4n) is 2.12. The lowest BCUT2D eigenvalue weighted by molar-refractivity contribution is 0.321. The largest absolute Gasteiger partial charge is 0.316 e. The Morgan fingerprint density at radius 2 is 2.38 bits per heavy atom. The van der Waals surface area contributed by atoms with Gasteiger partial charge in [-0.2, -0.15) is 0 Å². The lowest BCUT2D eigenvalue weighted by atomic mass is 10.2. The first-order chi connectivity index (χ1) is 7.69. The number of benzene rings is 1. The second-order valence-electron chi connectivity index (χ2n) is 4.25. The van der Waals surface area contributed by atoms with Crippen LogP contribution in [0.5, 0.6) is 0 Å². The molecule has 1 aliphatic heterocycles. The Bertz CT molecular complexity index is 370. The van der Waals surface area contributed by atoms with Crippen molar-refractivity contribution >= 4 is 15.9 Å². The van der Waals surface area contributed by atoms with Gasteiger partial charge in [-0.3, -0.25) is 4.90 Å². The van der Waals surface area contributed by atoms with Gasteiger partial charge in [0.25, 0.3) is 0 Å². The molecule has 1 aliphatic rings. The van der Waals surface area contributed by atoms with Crippen molar-refractivity contribution in [2.45, 2.75) is 19.0 Å². The Kier molecular flexibility index (Phi) is 3.95. The first kappa shape index (κ1) is 12.0. The van der Waals surface area contributed by atoms with Crippen molar-refractivity contribution < 1.29 is 4.39 Å². The Hall–Kier alpha value is -0.450. The molecule has 2 rings (SSSR count). The molecule has 1 fully saturated rings. The summed E-state index contributed by atoms with van der Waals surface area (Å²) in [5, 5.41) is 3.28. The van der Waals surface area contributed by atoms with Crippen LogP contribution in [-0.4, -0.2) is 31.1 Å². The molecule has 1 N–H and O–H groups in total. The van der Waals surface area contributed by atoms with Crippen LogP contribution in [-0.2, 0) is 6.54 Å². The summed E-state index contributed by atoms with van der Waals surface area (Å²) in [6.45, 7) is 2.93. The first-order valence-corrected chi connectivity index (χ1v) is 6.32. The molecule has 0 amide bonds. The Morgan fingerprint density at radius 1 is 1.56 bits per heavy atom. The molecule has 4 heteroatoms. The summed E-state index contributed by atoms with van der Waals surface area (Å²) in [5.41, 5.74) is 1.02. The van der Waals surface area contributed by atoms with Crippen molar-refractivity contribution in [2.75, 3.05) is 20.1 Å². The molecule has 0 aliphatic carbocycles. The van der Waals surface area contributed by atoms with Gasteiger partial charge in [-0.15, -0.1) is 0 Å². The molecule has 88 valence electrons. The highest BCUT2D eigenvalue weighted by Crippen LogP contribution is 2.21. The second-order valence-corrected chi connectivity index (χ2v) is 5.10. The van der Waals surface area contributed by atoms with Gasteiger partial charge in [0.15, 0.2) is 0 Å². The maximum absolute atomic E-state index is 13.1. The fraction of sp³-hybridized carbons (Fsp3) is 0.500. The Labute approximate surface area is 104 Å². The van der Waals surface area contributed by atoms with Gasteiger partial charge in [0.05, 0.1) is 0 Å². The van der Waals surface area contributed by atoms with Crippen molar-refractivity contribution in [3.63, 3.8) is 0 Å². The van der Waals surface area contributed by atoms with Crippen molar-refractivity contribution in [1.29, 1.82) is 0 Å². The van der Waals surface area contributed by atoms with Crippen LogP contribution in [0.1, 0.15) is 12.0 Å². The average Bonchev–Trinajstić information content (AvgIpc) is 2.71. The Balaban J connectivity index is 2.01. The predicted octanol–water partition coefficient (Wildman–Crippen LogP) is 2.38. The molecule has 0 spiro atoms. The van der Waals surface area contributed by atoms with Crippen LogP contribution in [0.25, 0.3) is 0 Å². The molecule has 0 saturated carbocycles. The maximum Gasteiger partial charge on any atom is 0.123 e. The quantitative estimate of drug-likeness (QED) is 0.918. The minimum atomic E-state index is -0.164. The third-order valence-corrected chi connectivity index (χ3v) is 3.86. The monoisotopic (exact) mass is 286 g/mol. The summed E-state index contributed by atoms with van der Waals surface area (Å²) < 4.78 is 14.1. The number of hydrogen-bond acceptors (Lipinski definition) is 2. The van der Waals surface area contributed by atoms with E-state index in [-0.39, 0.29) is 5.82 Å². The standard InChI is InChI=1S/C12H16BrFN2/c1-15-11-4-5-16(8-11)7-9-6-10(14)2-3-12(9)13/h2-3,6,11,15H,4-5,7-8H2,1H3. The number of likely N-dealkylation sites (tertiary alicyclic amines) is 1. The van der Waals surface area contributed by atoms with Crippen LogP contribution >= 0.6 is 15.9 Å². The van der Waals surface area contributed by atoms with Crippen LogP contribution < -0.4 is 5.32 Å². The molecule has 0 radical (unpaired) electrons. The maximum atomic E-state index is 13.1. The summed E-state index contributed by atoms with van der Waals surface area (Å²) in [6.07, 6.45) is 1.17. The van der Waals surface area contributed by atoms with Gasteiger partial charge >= 0.3 is 0 Å². The second kappa shape index (κ2) is 5.25. The summed E-state index contributed by atoms with van der Waals surface area (Å²) in [5.74, 6) is -0.164. The number of nitrogens with zero attached hydrogens (tertiary/aromatic N) is 1. The van der Waals surface area contributed by atoms with E-state index in [0.29, 0.717) is 6.04 Å². The third-order valence-electron chi connectivity index (χ3n) is 3.08. The predicted molar refractivity (Wildman–Crippen MR) is 66.8 cm³/mol. The highest BCUT2D eigenvalue weighted by atomic mass is 79.9. The summed E-state index contributed by atoms with van der Waals surface area (Å²) in [4.78, 5) is 2.35. The number of halogens is 2. The van der Waals surface area contributed by atoms with Crippen LogP contribution in [0.15, 0.2) is 22.7 Å². The molecule has 2 nitrogen and oxygen atoms in total. The highest BCUT2D eigenvalue weighted by molar-refractivity contribution is 9.10. The van der Waals surface area contributed by atoms with Crippen molar-refractivity contribution in [1.82, 2.24) is 10.2 Å². The van der Waals surface area contributed by atoms with E-state index in [1.807, 2.05) is 7.05 Å². The van der Waals surface area contributed by atoms with Gasteiger partial charge in [-0.25, -0.2) is 4.39 Å². The van der Waals surface area contributed by atoms with Crippen molar-refractivity contribution in [3.05, 3.63) is 34.1 Å². The number of hydrogen-bond donors (Lipinski definition) is 1. The molecule has 16 heavy (non-hydrogen) atoms. The number of rotatable bonds is 3. The normalized spacial score (nSPS) is 21.6. The molecule has 1 unspecified atom stereocenters. The smallest absolute Gasteiger partial charge is 0.123 e. The fourth-order valence-corrected chi connectivity index (χ4v) is 2.49. The molecular weight excluding hydrogens is 271 g/mol. The molecule has 1 aromatic carbocycles. The zero-order valence-electron chi connectivity index (χ0n) is 9.34. The van der Waals surface area contributed by atoms with E-state index < -0.39 is 0 Å². The highest BCUT2D eigenvalue weighted by Gasteiger charge is 2.21. The topological polar surface area (TPSA) is 15.3 Å². The van der Waals surface area contributed by atoms with Crippen molar-refractivity contribution in [2.24, 2.45) is 0 Å². The van der Waals surface area contributed by atoms with Crippen LogP contribution in [0.4, 0.5) is 4.39 Å². The van der Waals surface area contributed by atoms with Gasteiger partial charge in [0.2, 0.25) is 0 Å². The Morgan fingerprint density at radius 3 is 3.06 bits per heavy atom. The lowest BCUT2D eigenvalue weighted by Crippen LogP contribution is -2.29. The van der Waals surface area contributed by atoms with Crippen LogP contribution in [0.2, 0.25) is 0 Å². The molecule has 1 aromatic rings. The van der Waals surface area contributed by atoms with Gasteiger partial charge in [0, 0.05) is 30.1 Å². The number of likely N-dealkylation sites (N-methyl/N-ethyl adjacent to an activating group) is 1. The summed E-state index contributed by atoms with van der Waals surface area (Å²) in [7, 11) is 1.99. The van der Waals surface area contributed by atoms with Gasteiger partial charge in [-0.1, -0.05) is 15.9 Å². The summed E-state index contributed by atoms with van der Waals surface area (Å²) in [6, 6.07) is 5.44. The minimum absolute atomic E-state index is 0.164. The molecule has 1 saturated heterocycles. The van der Waals surface area contributed by atoms with E-state index in [1.165, 1.54) is 12.5 Å². The van der Waals surface area contributed by atoms with E-state index in [9.17, 15) is 4.39 Å². The van der Waals surface area contributed by atoms with E-state index in [4.69, 9.17) is 0 Å². The van der Waals surface area contributed by atoms with Crippen molar-refractivity contribution in [3.8, 4) is 0 Å². The zero-order chi connectivity index (χ0) is 11.5.